The van der Waals surface area contributed by atoms with Crippen LogP contribution in [0.15, 0.2) is 48.5 Å². The first-order valence-electron chi connectivity index (χ1n) is 8.59. The summed E-state index contributed by atoms with van der Waals surface area (Å²) in [7, 11) is -3.59. The van der Waals surface area contributed by atoms with Crippen molar-refractivity contribution in [3.63, 3.8) is 0 Å². The molecule has 0 N–H and O–H groups in total. The second-order valence-corrected chi connectivity index (χ2v) is 8.31. The van der Waals surface area contributed by atoms with Crippen LogP contribution in [0.25, 0.3) is 0 Å². The Bertz CT molecular complexity index is 844. The maximum Gasteiger partial charge on any atom is 0.243 e. The SMILES string of the molecule is CCN(Cc1ccccc1)C(=O)CN(c1c(C)cccc1C)S(C)(=O)=O. The fourth-order valence-corrected chi connectivity index (χ4v) is 3.93. The molecular formula is C20H26N2O3S. The highest BCUT2D eigenvalue weighted by molar-refractivity contribution is 7.92. The molecule has 6 heteroatoms. The maximum atomic E-state index is 12.9. The number of anilines is 1. The average Bonchev–Trinajstić information content (AvgIpc) is 2.58. The van der Waals surface area contributed by atoms with Gasteiger partial charge in [-0.25, -0.2) is 8.42 Å². The van der Waals surface area contributed by atoms with Crippen molar-refractivity contribution in [1.82, 2.24) is 4.90 Å². The molecule has 0 saturated heterocycles. The van der Waals surface area contributed by atoms with Gasteiger partial charge in [0.15, 0.2) is 0 Å². The lowest BCUT2D eigenvalue weighted by molar-refractivity contribution is -0.129. The minimum absolute atomic E-state index is 0.203. The van der Waals surface area contributed by atoms with Crippen LogP contribution < -0.4 is 4.31 Å². The first-order chi connectivity index (χ1) is 12.2. The number of sulfonamides is 1. The van der Waals surface area contributed by atoms with Crippen LogP contribution in [0.3, 0.4) is 0 Å². The number of benzene rings is 2. The predicted octanol–water partition coefficient (Wildman–Crippen LogP) is 3.12. The summed E-state index contributed by atoms with van der Waals surface area (Å²) in [5.74, 6) is -0.218. The van der Waals surface area contributed by atoms with Gasteiger partial charge in [0.25, 0.3) is 0 Å². The molecule has 0 aromatic heterocycles. The molecule has 0 heterocycles. The first-order valence-corrected chi connectivity index (χ1v) is 10.4. The van der Waals surface area contributed by atoms with Crippen molar-refractivity contribution in [3.8, 4) is 0 Å². The van der Waals surface area contributed by atoms with Gasteiger partial charge in [-0.1, -0.05) is 48.5 Å². The summed E-state index contributed by atoms with van der Waals surface area (Å²) >= 11 is 0. The topological polar surface area (TPSA) is 57.7 Å². The number of amides is 1. The van der Waals surface area contributed by atoms with E-state index >= 15 is 0 Å². The molecular weight excluding hydrogens is 348 g/mol. The minimum Gasteiger partial charge on any atom is -0.337 e. The van der Waals surface area contributed by atoms with Crippen molar-refractivity contribution in [2.24, 2.45) is 0 Å². The highest BCUT2D eigenvalue weighted by atomic mass is 32.2. The quantitative estimate of drug-likeness (QED) is 0.748. The van der Waals surface area contributed by atoms with Crippen molar-refractivity contribution in [2.75, 3.05) is 23.7 Å². The third kappa shape index (κ3) is 4.85. The minimum atomic E-state index is -3.59. The van der Waals surface area contributed by atoms with Crippen LogP contribution in [0.4, 0.5) is 5.69 Å². The highest BCUT2D eigenvalue weighted by Crippen LogP contribution is 2.26. The van der Waals surface area contributed by atoms with E-state index in [1.54, 1.807) is 4.90 Å². The lowest BCUT2D eigenvalue weighted by Gasteiger charge is -2.29. The summed E-state index contributed by atoms with van der Waals surface area (Å²) < 4.78 is 26.0. The Morgan fingerprint density at radius 1 is 0.962 bits per heavy atom. The lowest BCUT2D eigenvalue weighted by atomic mass is 10.1. The molecule has 0 bridgehead atoms. The van der Waals surface area contributed by atoms with E-state index in [1.165, 1.54) is 4.31 Å². The van der Waals surface area contributed by atoms with Crippen molar-refractivity contribution >= 4 is 21.6 Å². The molecule has 0 fully saturated rings. The number of rotatable bonds is 7. The number of carbonyl (C=O) groups is 1. The Labute approximate surface area is 156 Å². The molecule has 2 rings (SSSR count). The number of hydrogen-bond donors (Lipinski definition) is 0. The summed E-state index contributed by atoms with van der Waals surface area (Å²) in [5.41, 5.74) is 3.25. The normalized spacial score (nSPS) is 11.2. The molecule has 0 saturated carbocycles. The summed E-state index contributed by atoms with van der Waals surface area (Å²) in [4.78, 5) is 14.5. The van der Waals surface area contributed by atoms with Gasteiger partial charge in [-0.3, -0.25) is 9.10 Å². The van der Waals surface area contributed by atoms with Gasteiger partial charge in [0.05, 0.1) is 11.9 Å². The van der Waals surface area contributed by atoms with E-state index in [1.807, 2.05) is 69.3 Å². The number of hydrogen-bond acceptors (Lipinski definition) is 3. The lowest BCUT2D eigenvalue weighted by Crippen LogP contribution is -2.43. The Kier molecular flexibility index (Phi) is 6.42. The summed E-state index contributed by atoms with van der Waals surface area (Å²) in [6.45, 7) is 6.37. The number of likely N-dealkylation sites (N-methyl/N-ethyl adjacent to an activating group) is 1. The highest BCUT2D eigenvalue weighted by Gasteiger charge is 2.25. The molecule has 0 spiro atoms. The number of aryl methyl sites for hydroxylation is 2. The third-order valence-electron chi connectivity index (χ3n) is 4.32. The van der Waals surface area contributed by atoms with Crippen LogP contribution in [0.1, 0.15) is 23.6 Å². The molecule has 2 aromatic carbocycles. The van der Waals surface area contributed by atoms with Crippen LogP contribution in [0.2, 0.25) is 0 Å². The second kappa shape index (κ2) is 8.36. The largest absolute Gasteiger partial charge is 0.337 e. The second-order valence-electron chi connectivity index (χ2n) is 6.40. The molecule has 1 amide bonds. The van der Waals surface area contributed by atoms with Crippen molar-refractivity contribution in [3.05, 3.63) is 65.2 Å². The van der Waals surface area contributed by atoms with Gasteiger partial charge in [0, 0.05) is 13.1 Å². The zero-order valence-electron chi connectivity index (χ0n) is 15.8. The monoisotopic (exact) mass is 374 g/mol. The van der Waals surface area contributed by atoms with Gasteiger partial charge < -0.3 is 4.90 Å². The molecule has 0 aliphatic rings. The van der Waals surface area contributed by atoms with Crippen molar-refractivity contribution in [1.29, 1.82) is 0 Å². The van der Waals surface area contributed by atoms with Crippen molar-refractivity contribution < 1.29 is 13.2 Å². The number of para-hydroxylation sites is 1. The van der Waals surface area contributed by atoms with Crippen LogP contribution in [-0.4, -0.2) is 38.6 Å². The molecule has 0 radical (unpaired) electrons. The maximum absolute atomic E-state index is 12.9. The molecule has 0 unspecified atom stereocenters. The molecule has 0 aliphatic heterocycles. The van der Waals surface area contributed by atoms with Gasteiger partial charge in [-0.05, 0) is 37.5 Å². The Balaban J connectivity index is 2.29. The first kappa shape index (κ1) is 20.0. The molecule has 5 nitrogen and oxygen atoms in total. The van der Waals surface area contributed by atoms with E-state index in [4.69, 9.17) is 0 Å². The van der Waals surface area contributed by atoms with Crippen LogP contribution >= 0.6 is 0 Å². The van der Waals surface area contributed by atoms with Crippen LogP contribution in [0.5, 0.6) is 0 Å². The van der Waals surface area contributed by atoms with Crippen molar-refractivity contribution in [2.45, 2.75) is 27.3 Å². The van der Waals surface area contributed by atoms with Crippen LogP contribution in [0, 0.1) is 13.8 Å². The zero-order valence-corrected chi connectivity index (χ0v) is 16.6. The van der Waals surface area contributed by atoms with Gasteiger partial charge in [0.1, 0.15) is 6.54 Å². The molecule has 26 heavy (non-hydrogen) atoms. The smallest absolute Gasteiger partial charge is 0.243 e. The predicted molar refractivity (Wildman–Crippen MR) is 106 cm³/mol. The van der Waals surface area contributed by atoms with Gasteiger partial charge in [-0.2, -0.15) is 0 Å². The average molecular weight is 375 g/mol. The van der Waals surface area contributed by atoms with E-state index in [9.17, 15) is 13.2 Å². The van der Waals surface area contributed by atoms with Gasteiger partial charge in [-0.15, -0.1) is 0 Å². The fraction of sp³-hybridized carbons (Fsp3) is 0.350. The molecule has 0 aliphatic carbocycles. The fourth-order valence-electron chi connectivity index (χ4n) is 2.96. The Hall–Kier alpha value is -2.34. The van der Waals surface area contributed by atoms with E-state index < -0.39 is 10.0 Å². The summed E-state index contributed by atoms with van der Waals surface area (Å²) in [6, 6.07) is 15.3. The zero-order chi connectivity index (χ0) is 19.3. The molecule has 2 aromatic rings. The Morgan fingerprint density at radius 2 is 1.54 bits per heavy atom. The van der Waals surface area contributed by atoms with E-state index in [2.05, 4.69) is 0 Å². The third-order valence-corrected chi connectivity index (χ3v) is 5.43. The number of carbonyl (C=O) groups excluding carboxylic acids is 1. The van der Waals surface area contributed by atoms with Gasteiger partial charge in [0.2, 0.25) is 15.9 Å². The van der Waals surface area contributed by atoms with E-state index in [-0.39, 0.29) is 12.5 Å². The summed E-state index contributed by atoms with van der Waals surface area (Å²) in [6.07, 6.45) is 1.14. The standard InChI is InChI=1S/C20H26N2O3S/c1-5-21(14-18-12-7-6-8-13-18)19(23)15-22(26(4,24)25)20-16(2)10-9-11-17(20)3/h6-13H,5,14-15H2,1-4H3. The van der Waals surface area contributed by atoms with E-state index in [0.717, 1.165) is 22.9 Å². The Morgan fingerprint density at radius 3 is 2.04 bits per heavy atom. The van der Waals surface area contributed by atoms with Gasteiger partial charge >= 0.3 is 0 Å². The molecule has 140 valence electrons. The molecule has 0 atom stereocenters. The van der Waals surface area contributed by atoms with E-state index in [0.29, 0.717) is 18.8 Å². The van der Waals surface area contributed by atoms with Crippen LogP contribution in [-0.2, 0) is 21.4 Å². The number of nitrogens with zero attached hydrogens (tertiary/aromatic N) is 2. The summed E-state index contributed by atoms with van der Waals surface area (Å²) in [5, 5.41) is 0.